The Morgan fingerprint density at radius 1 is 1.23 bits per heavy atom. The van der Waals surface area contributed by atoms with Gasteiger partial charge in [-0.15, -0.1) is 0 Å². The monoisotopic (exact) mass is 180 g/mol. The first-order valence-corrected chi connectivity index (χ1v) is 5.29. The minimum absolute atomic E-state index is 0.763. The quantitative estimate of drug-likeness (QED) is 0.596. The number of allylic oxidation sites excluding steroid dienone is 3. The van der Waals surface area contributed by atoms with E-state index >= 15 is 0 Å². The van der Waals surface area contributed by atoms with Crippen LogP contribution in [0, 0.1) is 5.92 Å². The summed E-state index contributed by atoms with van der Waals surface area (Å²) in [5, 5.41) is 0. The number of hydrogen-bond donors (Lipinski definition) is 0. The van der Waals surface area contributed by atoms with Crippen LogP contribution in [-0.2, 0) is 4.74 Å². The van der Waals surface area contributed by atoms with E-state index in [0.29, 0.717) is 0 Å². The van der Waals surface area contributed by atoms with Crippen LogP contribution in [0.4, 0.5) is 0 Å². The summed E-state index contributed by atoms with van der Waals surface area (Å²) in [4.78, 5) is 0. The molecule has 1 aliphatic rings. The topological polar surface area (TPSA) is 9.23 Å². The Labute approximate surface area is 81.5 Å². The Bertz CT molecular complexity index is 185. The standard InChI is InChI=1S/C12H20O/c1-3-9-13-11(2)10-12-7-5-4-6-8-12/h3,9-10,12H,4-8H2,1-2H3/b9-3+,11-10+. The summed E-state index contributed by atoms with van der Waals surface area (Å²) < 4.78 is 5.37. The summed E-state index contributed by atoms with van der Waals surface area (Å²) in [5.74, 6) is 1.81. The van der Waals surface area contributed by atoms with Gasteiger partial charge in [-0.25, -0.2) is 0 Å². The molecule has 0 saturated heterocycles. The first-order valence-electron chi connectivity index (χ1n) is 5.29. The van der Waals surface area contributed by atoms with Crippen molar-refractivity contribution >= 4 is 0 Å². The second-order valence-corrected chi connectivity index (χ2v) is 3.76. The van der Waals surface area contributed by atoms with Crippen molar-refractivity contribution in [3.8, 4) is 0 Å². The van der Waals surface area contributed by atoms with Crippen molar-refractivity contribution in [2.75, 3.05) is 0 Å². The molecule has 0 aromatic heterocycles. The normalized spacial score (nSPS) is 20.9. The van der Waals surface area contributed by atoms with Crippen molar-refractivity contribution in [3.63, 3.8) is 0 Å². The first kappa shape index (κ1) is 10.4. The second kappa shape index (κ2) is 5.85. The SMILES string of the molecule is C/C=C/O/C(C)=C/C1CCCCC1. The van der Waals surface area contributed by atoms with E-state index < -0.39 is 0 Å². The Kier molecular flexibility index (Phi) is 4.66. The van der Waals surface area contributed by atoms with E-state index in [-0.39, 0.29) is 0 Å². The van der Waals surface area contributed by atoms with E-state index in [4.69, 9.17) is 4.74 Å². The molecule has 0 amide bonds. The van der Waals surface area contributed by atoms with Gasteiger partial charge in [0.05, 0.1) is 12.0 Å². The van der Waals surface area contributed by atoms with Crippen LogP contribution in [0.3, 0.4) is 0 Å². The molecule has 1 saturated carbocycles. The van der Waals surface area contributed by atoms with E-state index in [1.165, 1.54) is 32.1 Å². The average molecular weight is 180 g/mol. The van der Waals surface area contributed by atoms with Crippen LogP contribution in [0.1, 0.15) is 46.0 Å². The van der Waals surface area contributed by atoms with Crippen LogP contribution >= 0.6 is 0 Å². The van der Waals surface area contributed by atoms with Gasteiger partial charge in [0.2, 0.25) is 0 Å². The highest BCUT2D eigenvalue weighted by atomic mass is 16.5. The van der Waals surface area contributed by atoms with Gasteiger partial charge in [-0.05, 0) is 38.7 Å². The van der Waals surface area contributed by atoms with Crippen molar-refractivity contribution in [1.82, 2.24) is 0 Å². The lowest BCUT2D eigenvalue weighted by Crippen LogP contribution is -2.03. The number of hydrogen-bond acceptors (Lipinski definition) is 1. The summed E-state index contributed by atoms with van der Waals surface area (Å²) in [5.41, 5.74) is 0. The number of rotatable bonds is 3. The van der Waals surface area contributed by atoms with Gasteiger partial charge in [0.25, 0.3) is 0 Å². The van der Waals surface area contributed by atoms with Gasteiger partial charge in [-0.2, -0.15) is 0 Å². The zero-order valence-electron chi connectivity index (χ0n) is 8.75. The summed E-state index contributed by atoms with van der Waals surface area (Å²) in [7, 11) is 0. The van der Waals surface area contributed by atoms with Gasteiger partial charge in [0, 0.05) is 0 Å². The summed E-state index contributed by atoms with van der Waals surface area (Å²) in [6.45, 7) is 4.00. The fourth-order valence-corrected chi connectivity index (χ4v) is 1.85. The van der Waals surface area contributed by atoms with Crippen molar-refractivity contribution in [2.45, 2.75) is 46.0 Å². The summed E-state index contributed by atoms with van der Waals surface area (Å²) in [6, 6.07) is 0. The Balaban J connectivity index is 2.33. The summed E-state index contributed by atoms with van der Waals surface area (Å²) in [6.07, 6.45) is 12.8. The predicted molar refractivity (Wildman–Crippen MR) is 56.2 cm³/mol. The minimum atomic E-state index is 0.763. The molecular weight excluding hydrogens is 160 g/mol. The Morgan fingerprint density at radius 3 is 2.54 bits per heavy atom. The molecule has 1 nitrogen and oxygen atoms in total. The van der Waals surface area contributed by atoms with Crippen LogP contribution in [0.5, 0.6) is 0 Å². The van der Waals surface area contributed by atoms with Gasteiger partial charge in [0.1, 0.15) is 0 Å². The van der Waals surface area contributed by atoms with Crippen molar-refractivity contribution in [2.24, 2.45) is 5.92 Å². The van der Waals surface area contributed by atoms with Gasteiger partial charge in [0.15, 0.2) is 0 Å². The van der Waals surface area contributed by atoms with E-state index in [1.807, 2.05) is 19.9 Å². The first-order chi connectivity index (χ1) is 6.33. The molecule has 1 aliphatic carbocycles. The van der Waals surface area contributed by atoms with E-state index in [1.54, 1.807) is 6.26 Å². The van der Waals surface area contributed by atoms with Crippen LogP contribution in [-0.4, -0.2) is 0 Å². The molecule has 0 aromatic rings. The van der Waals surface area contributed by atoms with Crippen molar-refractivity contribution in [3.05, 3.63) is 24.2 Å². The smallest absolute Gasteiger partial charge is 0.0963 e. The van der Waals surface area contributed by atoms with Crippen LogP contribution in [0.15, 0.2) is 24.2 Å². The second-order valence-electron chi connectivity index (χ2n) is 3.76. The lowest BCUT2D eigenvalue weighted by Gasteiger charge is -2.18. The van der Waals surface area contributed by atoms with Crippen LogP contribution in [0.25, 0.3) is 0 Å². The Morgan fingerprint density at radius 2 is 1.92 bits per heavy atom. The number of ether oxygens (including phenoxy) is 1. The maximum absolute atomic E-state index is 5.37. The third-order valence-corrected chi connectivity index (χ3v) is 2.51. The molecule has 0 unspecified atom stereocenters. The molecule has 0 aromatic carbocycles. The Hall–Kier alpha value is -0.720. The molecule has 74 valence electrons. The van der Waals surface area contributed by atoms with Gasteiger partial charge in [-0.3, -0.25) is 0 Å². The molecule has 0 spiro atoms. The maximum atomic E-state index is 5.37. The van der Waals surface area contributed by atoms with E-state index in [0.717, 1.165) is 11.7 Å². The maximum Gasteiger partial charge on any atom is 0.0963 e. The highest BCUT2D eigenvalue weighted by molar-refractivity contribution is 4.96. The minimum Gasteiger partial charge on any atom is -0.470 e. The highest BCUT2D eigenvalue weighted by Crippen LogP contribution is 2.25. The molecular formula is C12H20O. The van der Waals surface area contributed by atoms with Gasteiger partial charge in [-0.1, -0.05) is 25.3 Å². The lowest BCUT2D eigenvalue weighted by molar-refractivity contribution is 0.336. The predicted octanol–water partition coefficient (Wildman–Crippen LogP) is 4.02. The molecule has 1 rings (SSSR count). The van der Waals surface area contributed by atoms with Crippen LogP contribution in [0.2, 0.25) is 0 Å². The lowest BCUT2D eigenvalue weighted by atomic mass is 9.89. The van der Waals surface area contributed by atoms with Crippen LogP contribution < -0.4 is 0 Å². The molecule has 0 aliphatic heterocycles. The van der Waals surface area contributed by atoms with E-state index in [9.17, 15) is 0 Å². The van der Waals surface area contributed by atoms with Crippen molar-refractivity contribution in [1.29, 1.82) is 0 Å². The fraction of sp³-hybridized carbons (Fsp3) is 0.667. The average Bonchev–Trinajstić information content (AvgIpc) is 2.16. The highest BCUT2D eigenvalue weighted by Gasteiger charge is 2.10. The third kappa shape index (κ3) is 4.16. The van der Waals surface area contributed by atoms with Crippen molar-refractivity contribution < 1.29 is 4.74 Å². The third-order valence-electron chi connectivity index (χ3n) is 2.51. The molecule has 0 bridgehead atoms. The molecule has 0 radical (unpaired) electrons. The molecule has 1 heteroatoms. The van der Waals surface area contributed by atoms with Gasteiger partial charge >= 0.3 is 0 Å². The van der Waals surface area contributed by atoms with E-state index in [2.05, 4.69) is 6.08 Å². The molecule has 0 heterocycles. The zero-order chi connectivity index (χ0) is 9.52. The molecule has 13 heavy (non-hydrogen) atoms. The fourth-order valence-electron chi connectivity index (χ4n) is 1.85. The van der Waals surface area contributed by atoms with Gasteiger partial charge < -0.3 is 4.74 Å². The zero-order valence-corrected chi connectivity index (χ0v) is 8.75. The molecule has 1 fully saturated rings. The largest absolute Gasteiger partial charge is 0.470 e. The molecule has 0 N–H and O–H groups in total. The molecule has 0 atom stereocenters. The summed E-state index contributed by atoms with van der Waals surface area (Å²) >= 11 is 0.